The van der Waals surface area contributed by atoms with Crippen LogP contribution in [0.25, 0.3) is 27.5 Å². The number of imidazole rings is 1. The maximum Gasteiger partial charge on any atom is 0.295 e. The van der Waals surface area contributed by atoms with Crippen molar-refractivity contribution in [1.82, 2.24) is 4.40 Å². The van der Waals surface area contributed by atoms with E-state index in [1.807, 2.05) is 0 Å². The lowest BCUT2D eigenvalue weighted by molar-refractivity contribution is -0.700. The molecule has 3 unspecified atom stereocenters. The van der Waals surface area contributed by atoms with Crippen molar-refractivity contribution in [3.63, 3.8) is 0 Å². The van der Waals surface area contributed by atoms with Gasteiger partial charge in [-0.15, -0.1) is 0 Å². The van der Waals surface area contributed by atoms with Crippen LogP contribution >= 0.6 is 0 Å². The lowest BCUT2D eigenvalue weighted by Gasteiger charge is -2.27. The molecule has 0 spiro atoms. The van der Waals surface area contributed by atoms with Gasteiger partial charge in [-0.1, -0.05) is 65.8 Å². The smallest absolute Gasteiger partial charge is 0.216 e. The Kier molecular flexibility index (Phi) is 3.35. The fourth-order valence-electron chi connectivity index (χ4n) is 7.58. The molecule has 6 rings (SSSR count). The summed E-state index contributed by atoms with van der Waals surface area (Å²) in [5, 5.41) is 2.86. The third-order valence-electron chi connectivity index (χ3n) is 8.75. The van der Waals surface area contributed by atoms with Crippen molar-refractivity contribution in [1.29, 1.82) is 0 Å². The van der Waals surface area contributed by atoms with Gasteiger partial charge < -0.3 is 0 Å². The van der Waals surface area contributed by atoms with Gasteiger partial charge in [0.05, 0.1) is 11.6 Å². The fraction of sp³-hybridized carbons (Fsp3) is 0.464. The molecule has 1 aliphatic carbocycles. The number of fused-ring (bicyclic) bond motifs is 6. The number of hydrogen-bond acceptors (Lipinski definition) is 0. The topological polar surface area (TPSA) is 8.29 Å². The van der Waals surface area contributed by atoms with Crippen LogP contribution in [0.15, 0.2) is 48.7 Å². The van der Waals surface area contributed by atoms with Gasteiger partial charge in [-0.05, 0) is 59.4 Å². The van der Waals surface area contributed by atoms with E-state index in [4.69, 9.17) is 0 Å². The first kappa shape index (κ1) is 18.4. The van der Waals surface area contributed by atoms with Crippen molar-refractivity contribution in [2.45, 2.75) is 77.2 Å². The summed E-state index contributed by atoms with van der Waals surface area (Å²) in [6, 6.07) is 16.6. The second-order valence-corrected chi connectivity index (χ2v) is 10.6. The Hall–Kier alpha value is -2.35. The molecule has 0 N–H and O–H groups in total. The number of rotatable bonds is 3. The maximum atomic E-state index is 2.78. The Labute approximate surface area is 179 Å². The van der Waals surface area contributed by atoms with Gasteiger partial charge in [-0.25, -0.2) is 4.57 Å². The molecule has 154 valence electrons. The van der Waals surface area contributed by atoms with Crippen LogP contribution in [0, 0.1) is 5.92 Å². The molecule has 2 aliphatic rings. The summed E-state index contributed by atoms with van der Waals surface area (Å²) in [7, 11) is 0. The molecule has 0 radical (unpaired) electrons. The standard InChI is InChI=1S/C28H33N2/c1-7-23-27(8-2)20-12-10-11-18-15-16-29-22-17-19(26(4,5)6)13-14-21(22)30(25(29)24(18)20)28(23,27)9-3/h10-17,23H,7-9H2,1-6H3/q+1. The number of hydrogen-bond donors (Lipinski definition) is 0. The van der Waals surface area contributed by atoms with E-state index in [0.29, 0.717) is 5.92 Å². The largest absolute Gasteiger partial charge is 0.295 e. The van der Waals surface area contributed by atoms with Gasteiger partial charge in [0.25, 0.3) is 5.65 Å². The molecule has 1 aliphatic heterocycles. The molecule has 3 heterocycles. The Bertz CT molecular complexity index is 1350. The molecule has 4 aromatic rings. The summed E-state index contributed by atoms with van der Waals surface area (Å²) in [4.78, 5) is 0. The molecule has 0 amide bonds. The second kappa shape index (κ2) is 5.46. The van der Waals surface area contributed by atoms with Gasteiger partial charge in [0, 0.05) is 11.3 Å². The Morgan fingerprint density at radius 2 is 1.80 bits per heavy atom. The van der Waals surface area contributed by atoms with Crippen molar-refractivity contribution in [2.75, 3.05) is 0 Å². The van der Waals surface area contributed by atoms with E-state index in [2.05, 4.69) is 99.2 Å². The van der Waals surface area contributed by atoms with E-state index >= 15 is 0 Å². The number of nitrogens with zero attached hydrogens (tertiary/aromatic N) is 2. The molecule has 30 heavy (non-hydrogen) atoms. The predicted molar refractivity (Wildman–Crippen MR) is 125 cm³/mol. The number of pyridine rings is 1. The van der Waals surface area contributed by atoms with Gasteiger partial charge in [0.15, 0.2) is 11.0 Å². The van der Waals surface area contributed by atoms with Crippen LogP contribution in [0.2, 0.25) is 0 Å². The quantitative estimate of drug-likeness (QED) is 0.343. The Morgan fingerprint density at radius 3 is 2.47 bits per heavy atom. The molecule has 0 bridgehead atoms. The van der Waals surface area contributed by atoms with E-state index in [0.717, 1.165) is 0 Å². The van der Waals surface area contributed by atoms with Crippen LogP contribution in [-0.4, -0.2) is 4.40 Å². The van der Waals surface area contributed by atoms with E-state index < -0.39 is 0 Å². The van der Waals surface area contributed by atoms with E-state index in [9.17, 15) is 0 Å². The highest BCUT2D eigenvalue weighted by molar-refractivity contribution is 6.00. The lowest BCUT2D eigenvalue weighted by atomic mass is 9.81. The number of aromatic nitrogens is 2. The van der Waals surface area contributed by atoms with Crippen molar-refractivity contribution >= 4 is 27.5 Å². The Morgan fingerprint density at radius 1 is 1.00 bits per heavy atom. The highest BCUT2D eigenvalue weighted by Crippen LogP contribution is 2.72. The van der Waals surface area contributed by atoms with Crippen LogP contribution in [0.5, 0.6) is 0 Å². The van der Waals surface area contributed by atoms with Crippen molar-refractivity contribution in [3.05, 3.63) is 59.8 Å². The third-order valence-corrected chi connectivity index (χ3v) is 8.75. The van der Waals surface area contributed by atoms with Crippen molar-refractivity contribution < 1.29 is 4.57 Å². The predicted octanol–water partition coefficient (Wildman–Crippen LogP) is 6.64. The second-order valence-electron chi connectivity index (χ2n) is 10.6. The van der Waals surface area contributed by atoms with Crippen molar-refractivity contribution in [2.24, 2.45) is 5.92 Å². The third kappa shape index (κ3) is 1.74. The maximum absolute atomic E-state index is 2.78. The van der Waals surface area contributed by atoms with Crippen LogP contribution < -0.4 is 4.57 Å². The van der Waals surface area contributed by atoms with E-state index in [-0.39, 0.29) is 16.4 Å². The summed E-state index contributed by atoms with van der Waals surface area (Å²) in [6.45, 7) is 14.2. The van der Waals surface area contributed by atoms with Crippen molar-refractivity contribution in [3.8, 4) is 0 Å². The minimum atomic E-state index is 0.145. The van der Waals surface area contributed by atoms with Gasteiger partial charge in [-0.2, -0.15) is 4.40 Å². The van der Waals surface area contributed by atoms with Crippen LogP contribution in [-0.2, 0) is 16.4 Å². The molecule has 2 aromatic carbocycles. The van der Waals surface area contributed by atoms with Gasteiger partial charge in [0.1, 0.15) is 5.54 Å². The minimum Gasteiger partial charge on any atom is -0.216 e. The molecule has 2 heteroatoms. The van der Waals surface area contributed by atoms with E-state index in [1.54, 1.807) is 5.56 Å². The van der Waals surface area contributed by atoms with Crippen LogP contribution in [0.3, 0.4) is 0 Å². The molecule has 2 nitrogen and oxygen atoms in total. The monoisotopic (exact) mass is 397 g/mol. The van der Waals surface area contributed by atoms with Gasteiger partial charge >= 0.3 is 0 Å². The molecular formula is C28H33N2+. The highest BCUT2D eigenvalue weighted by Gasteiger charge is 2.81. The zero-order valence-corrected chi connectivity index (χ0v) is 19.2. The first-order valence-corrected chi connectivity index (χ1v) is 11.8. The van der Waals surface area contributed by atoms with Gasteiger partial charge in [-0.3, -0.25) is 0 Å². The summed E-state index contributed by atoms with van der Waals surface area (Å²) >= 11 is 0. The lowest BCUT2D eigenvalue weighted by Crippen LogP contribution is -2.53. The van der Waals surface area contributed by atoms with Crippen LogP contribution in [0.4, 0.5) is 0 Å². The molecule has 3 atom stereocenters. The molecule has 2 aromatic heterocycles. The average molecular weight is 398 g/mol. The molecule has 1 fully saturated rings. The van der Waals surface area contributed by atoms with E-state index in [1.165, 1.54) is 52.3 Å². The average Bonchev–Trinajstić information content (AvgIpc) is 3.22. The normalized spacial score (nSPS) is 27.3. The minimum absolute atomic E-state index is 0.145. The molecule has 0 saturated heterocycles. The SMILES string of the molecule is CCC1C2(CC)c3cccc4ccn5c6cc(C(C)(C)C)ccc6[n+](c5c34)C12CC. The summed E-state index contributed by atoms with van der Waals surface area (Å²) in [5.74, 6) is 0.694. The van der Waals surface area contributed by atoms with Gasteiger partial charge in [0.2, 0.25) is 0 Å². The highest BCUT2D eigenvalue weighted by atomic mass is 15.2. The fourth-order valence-corrected chi connectivity index (χ4v) is 7.58. The molecular weight excluding hydrogens is 364 g/mol. The van der Waals surface area contributed by atoms with Crippen LogP contribution in [0.1, 0.15) is 71.9 Å². The number of benzene rings is 2. The summed E-state index contributed by atoms with van der Waals surface area (Å²) in [6.07, 6.45) is 5.93. The first-order chi connectivity index (χ1) is 14.4. The summed E-state index contributed by atoms with van der Waals surface area (Å²) < 4.78 is 5.26. The Balaban J connectivity index is 1.87. The first-order valence-electron chi connectivity index (χ1n) is 11.8. The molecule has 1 saturated carbocycles. The summed E-state index contributed by atoms with van der Waals surface area (Å²) in [5.41, 5.74) is 7.77. The zero-order chi connectivity index (χ0) is 21.1. The zero-order valence-electron chi connectivity index (χ0n) is 19.2.